The summed E-state index contributed by atoms with van der Waals surface area (Å²) in [5.41, 5.74) is -3.90. The largest absolute Gasteiger partial charge is 0.496 e. The summed E-state index contributed by atoms with van der Waals surface area (Å²) in [6.45, 7) is 0. The Morgan fingerprint density at radius 2 is 1.82 bits per heavy atom. The van der Waals surface area contributed by atoms with Crippen LogP contribution in [0.2, 0.25) is 0 Å². The number of aliphatic hydroxyl groups is 2. The summed E-state index contributed by atoms with van der Waals surface area (Å²) in [5.74, 6) is -5.85. The molecule has 5 aliphatic rings. The van der Waals surface area contributed by atoms with Gasteiger partial charge in [0.2, 0.25) is 0 Å². The highest BCUT2D eigenvalue weighted by Gasteiger charge is 2.89. The predicted octanol–water partition coefficient (Wildman–Crippen LogP) is -1.25. The molecule has 6 unspecified atom stereocenters. The minimum Gasteiger partial charge on any atom is -0.496 e. The van der Waals surface area contributed by atoms with Crippen molar-refractivity contribution in [3.63, 3.8) is 0 Å². The molecule has 1 saturated carbocycles. The van der Waals surface area contributed by atoms with Crippen molar-refractivity contribution in [1.29, 1.82) is 0 Å². The lowest BCUT2D eigenvalue weighted by Crippen LogP contribution is -2.64. The van der Waals surface area contributed by atoms with Crippen LogP contribution in [0.25, 0.3) is 0 Å². The first-order valence-corrected chi connectivity index (χ1v) is 10.8. The molecule has 182 valence electrons. The monoisotopic (exact) mass is 477 g/mol. The minimum absolute atomic E-state index is 0.106. The SMILES string of the molecule is COc1cc(OC)c2c(c1)OC13C4OC(C5C(=O)OC(=O)C54)C1[C@@H](C(=O)N(C)OC)[C@@H](O)[C@@]23O. The van der Waals surface area contributed by atoms with Crippen LogP contribution in [0.15, 0.2) is 12.1 Å². The van der Waals surface area contributed by atoms with Crippen LogP contribution < -0.4 is 14.2 Å². The molecule has 0 radical (unpaired) electrons. The van der Waals surface area contributed by atoms with Crippen LogP contribution in [-0.2, 0) is 34.3 Å². The normalized spacial score (nSPS) is 42.5. The molecule has 0 aromatic heterocycles. The molecule has 1 aliphatic carbocycles. The van der Waals surface area contributed by atoms with E-state index in [1.165, 1.54) is 40.5 Å². The van der Waals surface area contributed by atoms with Crippen molar-refractivity contribution in [2.75, 3.05) is 28.4 Å². The fourth-order valence-electron chi connectivity index (χ4n) is 6.87. The second kappa shape index (κ2) is 6.60. The Hall–Kier alpha value is -2.93. The summed E-state index contributed by atoms with van der Waals surface area (Å²) in [5, 5.41) is 24.9. The van der Waals surface area contributed by atoms with E-state index in [-0.39, 0.29) is 17.1 Å². The summed E-state index contributed by atoms with van der Waals surface area (Å²) in [6, 6.07) is 3.04. The van der Waals surface area contributed by atoms with E-state index in [4.69, 9.17) is 28.5 Å². The second-order valence-corrected chi connectivity index (χ2v) is 9.19. The molecule has 2 bridgehead atoms. The number of fused-ring (bicyclic) bond motifs is 8. The number of carbonyl (C=O) groups excluding carboxylic acids is 3. The Kier molecular flexibility index (Phi) is 4.19. The number of aliphatic hydroxyl groups excluding tert-OH is 1. The number of benzene rings is 1. The highest BCUT2D eigenvalue weighted by Crippen LogP contribution is 2.73. The van der Waals surface area contributed by atoms with E-state index >= 15 is 0 Å². The summed E-state index contributed by atoms with van der Waals surface area (Å²) >= 11 is 0. The van der Waals surface area contributed by atoms with Gasteiger partial charge in [-0.1, -0.05) is 0 Å². The average Bonchev–Trinajstić information content (AvgIpc) is 3.55. The van der Waals surface area contributed by atoms with Crippen molar-refractivity contribution in [2.45, 2.75) is 29.5 Å². The molecule has 4 aliphatic heterocycles. The highest BCUT2D eigenvalue weighted by atomic mass is 16.7. The van der Waals surface area contributed by atoms with Gasteiger partial charge >= 0.3 is 11.9 Å². The molecule has 12 heteroatoms. The maximum Gasteiger partial charge on any atom is 0.320 e. The molecule has 34 heavy (non-hydrogen) atoms. The Morgan fingerprint density at radius 3 is 2.47 bits per heavy atom. The minimum atomic E-state index is -2.23. The van der Waals surface area contributed by atoms with Gasteiger partial charge in [0.05, 0.1) is 44.8 Å². The van der Waals surface area contributed by atoms with Crippen molar-refractivity contribution in [3.05, 3.63) is 17.7 Å². The van der Waals surface area contributed by atoms with Crippen molar-refractivity contribution in [2.24, 2.45) is 23.7 Å². The molecular formula is C22H23NO11. The lowest BCUT2D eigenvalue weighted by Gasteiger charge is -2.42. The first-order chi connectivity index (χ1) is 16.2. The van der Waals surface area contributed by atoms with Crippen LogP contribution in [0.5, 0.6) is 17.2 Å². The third-order valence-corrected chi connectivity index (χ3v) is 8.16. The van der Waals surface area contributed by atoms with E-state index in [0.29, 0.717) is 5.75 Å². The molecule has 1 aromatic carbocycles. The first kappa shape index (κ1) is 21.6. The number of carbonyl (C=O) groups is 3. The zero-order valence-electron chi connectivity index (χ0n) is 18.7. The number of methoxy groups -OCH3 is 2. The van der Waals surface area contributed by atoms with Crippen LogP contribution >= 0.6 is 0 Å². The Labute approximate surface area is 193 Å². The number of nitrogens with zero attached hydrogens (tertiary/aromatic N) is 1. The number of ether oxygens (including phenoxy) is 5. The number of hydrogen-bond acceptors (Lipinski definition) is 11. The van der Waals surface area contributed by atoms with E-state index in [2.05, 4.69) is 0 Å². The van der Waals surface area contributed by atoms with Crippen molar-refractivity contribution in [1.82, 2.24) is 5.06 Å². The number of esters is 2. The number of cyclic esters (lactones) is 2. The molecule has 1 aromatic rings. The van der Waals surface area contributed by atoms with E-state index < -0.39 is 71.0 Å². The van der Waals surface area contributed by atoms with E-state index in [1.54, 1.807) is 0 Å². The fraction of sp³-hybridized carbons (Fsp3) is 0.591. The maximum atomic E-state index is 13.4. The van der Waals surface area contributed by atoms with Crippen molar-refractivity contribution < 1.29 is 53.1 Å². The Morgan fingerprint density at radius 1 is 1.12 bits per heavy atom. The summed E-state index contributed by atoms with van der Waals surface area (Å²) in [7, 11) is 5.47. The second-order valence-electron chi connectivity index (χ2n) is 9.19. The van der Waals surface area contributed by atoms with Crippen molar-refractivity contribution >= 4 is 17.8 Å². The molecule has 12 nitrogen and oxygen atoms in total. The summed E-state index contributed by atoms with van der Waals surface area (Å²) < 4.78 is 28.2. The van der Waals surface area contributed by atoms with Crippen molar-refractivity contribution in [3.8, 4) is 17.2 Å². The van der Waals surface area contributed by atoms with Gasteiger partial charge in [-0.25, -0.2) is 5.06 Å². The van der Waals surface area contributed by atoms with Gasteiger partial charge in [0.25, 0.3) is 5.91 Å². The molecule has 2 N–H and O–H groups in total. The molecule has 4 heterocycles. The summed E-state index contributed by atoms with van der Waals surface area (Å²) in [4.78, 5) is 43.5. The summed E-state index contributed by atoms with van der Waals surface area (Å²) in [6.07, 6.45) is -3.89. The van der Waals surface area contributed by atoms with Crippen LogP contribution in [0, 0.1) is 23.7 Å². The highest BCUT2D eigenvalue weighted by molar-refractivity contribution is 5.98. The lowest BCUT2D eigenvalue weighted by molar-refractivity contribution is -0.190. The van der Waals surface area contributed by atoms with Gasteiger partial charge in [0.15, 0.2) is 11.2 Å². The van der Waals surface area contributed by atoms with Gasteiger partial charge < -0.3 is 33.9 Å². The fourth-order valence-corrected chi connectivity index (χ4v) is 6.87. The topological polar surface area (TPSA) is 150 Å². The van der Waals surface area contributed by atoms with Crippen LogP contribution in [0.4, 0.5) is 0 Å². The standard InChI is InChI=1S/C22H23NO11/c1-23(31-4)18(25)12-14-15-10-11(20(27)33-19(10)26)17(32-15)22(14)21(28,16(12)24)13-8(30-3)5-7(29-2)6-9(13)34-22/h5-6,10-12,14-17,24,28H,1-4H3/t10?,11?,12-,14?,15?,16-,17?,21+,22?/m1/s1. The lowest BCUT2D eigenvalue weighted by atomic mass is 9.62. The van der Waals surface area contributed by atoms with Gasteiger partial charge in [-0.05, 0) is 0 Å². The van der Waals surface area contributed by atoms with Gasteiger partial charge in [0, 0.05) is 25.1 Å². The molecule has 9 atom stereocenters. The smallest absolute Gasteiger partial charge is 0.320 e. The Balaban J connectivity index is 1.61. The van der Waals surface area contributed by atoms with Crippen LogP contribution in [0.1, 0.15) is 5.56 Å². The van der Waals surface area contributed by atoms with Crippen LogP contribution in [-0.4, -0.2) is 85.4 Å². The predicted molar refractivity (Wildman–Crippen MR) is 106 cm³/mol. The first-order valence-electron chi connectivity index (χ1n) is 10.8. The van der Waals surface area contributed by atoms with Gasteiger partial charge in [-0.2, -0.15) is 0 Å². The molecule has 4 fully saturated rings. The maximum absolute atomic E-state index is 13.4. The Bertz CT molecular complexity index is 1140. The number of amides is 1. The third-order valence-electron chi connectivity index (χ3n) is 8.16. The van der Waals surface area contributed by atoms with Gasteiger partial charge in [0.1, 0.15) is 35.4 Å². The molecule has 6 rings (SSSR count). The van der Waals surface area contributed by atoms with Gasteiger partial charge in [-0.15, -0.1) is 0 Å². The number of rotatable bonds is 4. The zero-order chi connectivity index (χ0) is 24.3. The number of hydrogen-bond donors (Lipinski definition) is 2. The average molecular weight is 477 g/mol. The number of hydroxylamine groups is 2. The third kappa shape index (κ3) is 2.07. The quantitative estimate of drug-likeness (QED) is 0.304. The van der Waals surface area contributed by atoms with E-state index in [9.17, 15) is 24.6 Å². The van der Waals surface area contributed by atoms with E-state index in [0.717, 1.165) is 5.06 Å². The molecule has 1 spiro atoms. The molecule has 1 amide bonds. The van der Waals surface area contributed by atoms with Gasteiger partial charge in [-0.3, -0.25) is 19.2 Å². The van der Waals surface area contributed by atoms with E-state index in [1.807, 2.05) is 0 Å². The zero-order valence-corrected chi connectivity index (χ0v) is 18.7. The molecule has 3 saturated heterocycles. The van der Waals surface area contributed by atoms with Crippen LogP contribution in [0.3, 0.4) is 0 Å². The molecular weight excluding hydrogens is 454 g/mol.